The summed E-state index contributed by atoms with van der Waals surface area (Å²) < 4.78 is 0. The third-order valence-corrected chi connectivity index (χ3v) is 5.42. The Kier molecular flexibility index (Phi) is 7.30. The molecule has 154 valence electrons. The maximum absolute atomic E-state index is 11.6. The minimum Gasteiger partial charge on any atom is -0.480 e. The molecule has 0 saturated carbocycles. The summed E-state index contributed by atoms with van der Waals surface area (Å²) in [6.45, 7) is 9.02. The van der Waals surface area contributed by atoms with Crippen LogP contribution in [0.1, 0.15) is 31.4 Å². The zero-order chi connectivity index (χ0) is 20.6. The quantitative estimate of drug-likeness (QED) is 0.663. The summed E-state index contributed by atoms with van der Waals surface area (Å²) >= 11 is 0. The Morgan fingerprint density at radius 2 is 1.41 bits per heavy atom. The highest BCUT2D eigenvalue weighted by Gasteiger charge is 2.31. The number of rotatable bonds is 10. The number of aliphatic carboxylic acids is 1. The van der Waals surface area contributed by atoms with Crippen molar-refractivity contribution in [3.05, 3.63) is 71.8 Å². The highest BCUT2D eigenvalue weighted by atomic mass is 16.4. The van der Waals surface area contributed by atoms with Gasteiger partial charge in [0.1, 0.15) is 6.54 Å². The van der Waals surface area contributed by atoms with Crippen molar-refractivity contribution in [2.75, 3.05) is 39.4 Å². The lowest BCUT2D eigenvalue weighted by atomic mass is 10.0. The summed E-state index contributed by atoms with van der Waals surface area (Å²) in [7, 11) is 0. The molecule has 1 heterocycles. The molecule has 1 aliphatic rings. The summed E-state index contributed by atoms with van der Waals surface area (Å²) in [4.78, 5) is 18.3. The maximum Gasteiger partial charge on any atom is 0.323 e. The van der Waals surface area contributed by atoms with E-state index < -0.39 is 5.97 Å². The molecule has 0 amide bonds. The molecule has 0 unspecified atom stereocenters. The topological polar surface area (TPSA) is 47.0 Å². The van der Waals surface area contributed by atoms with Gasteiger partial charge in [0.25, 0.3) is 0 Å². The number of hydrogen-bond acceptors (Lipinski definition) is 4. The summed E-state index contributed by atoms with van der Waals surface area (Å²) in [5.74, 6) is -0.809. The first-order valence-corrected chi connectivity index (χ1v) is 10.4. The van der Waals surface area contributed by atoms with Gasteiger partial charge in [-0.3, -0.25) is 4.79 Å². The Morgan fingerprint density at radius 1 is 0.897 bits per heavy atom. The van der Waals surface area contributed by atoms with Crippen molar-refractivity contribution in [3.8, 4) is 0 Å². The van der Waals surface area contributed by atoms with Gasteiger partial charge >= 0.3 is 5.97 Å². The van der Waals surface area contributed by atoms with Crippen LogP contribution in [0.5, 0.6) is 0 Å². The lowest BCUT2D eigenvalue weighted by molar-refractivity contribution is -0.137. The molecular formula is C24H31N3O2. The monoisotopic (exact) mass is 393 g/mol. The normalized spacial score (nSPS) is 14.2. The Labute approximate surface area is 173 Å². The maximum atomic E-state index is 11.6. The van der Waals surface area contributed by atoms with Crippen molar-refractivity contribution in [1.82, 2.24) is 14.7 Å². The van der Waals surface area contributed by atoms with Crippen LogP contribution in [0.2, 0.25) is 0 Å². The van der Waals surface area contributed by atoms with Gasteiger partial charge in [0.2, 0.25) is 0 Å². The van der Waals surface area contributed by atoms with Gasteiger partial charge < -0.3 is 19.8 Å². The van der Waals surface area contributed by atoms with E-state index in [9.17, 15) is 9.90 Å². The van der Waals surface area contributed by atoms with E-state index in [0.29, 0.717) is 6.67 Å². The van der Waals surface area contributed by atoms with Gasteiger partial charge in [0.05, 0.1) is 18.1 Å². The van der Waals surface area contributed by atoms with E-state index in [4.69, 9.17) is 0 Å². The molecule has 1 aliphatic heterocycles. The molecule has 0 radical (unpaired) electrons. The van der Waals surface area contributed by atoms with Crippen molar-refractivity contribution < 1.29 is 9.90 Å². The predicted molar refractivity (Wildman–Crippen MR) is 118 cm³/mol. The molecule has 1 N–H and O–H groups in total. The second-order valence-electron chi connectivity index (χ2n) is 7.31. The van der Waals surface area contributed by atoms with E-state index in [0.717, 1.165) is 55.1 Å². The van der Waals surface area contributed by atoms with Crippen LogP contribution in [-0.4, -0.2) is 65.2 Å². The predicted octanol–water partition coefficient (Wildman–Crippen LogP) is 3.90. The van der Waals surface area contributed by atoms with Crippen LogP contribution in [0.3, 0.4) is 0 Å². The molecule has 0 saturated heterocycles. The van der Waals surface area contributed by atoms with Crippen molar-refractivity contribution in [3.63, 3.8) is 0 Å². The van der Waals surface area contributed by atoms with E-state index >= 15 is 0 Å². The van der Waals surface area contributed by atoms with Gasteiger partial charge in [-0.1, -0.05) is 74.5 Å². The van der Waals surface area contributed by atoms with E-state index in [-0.39, 0.29) is 6.54 Å². The average molecular weight is 394 g/mol. The highest BCUT2D eigenvalue weighted by molar-refractivity contribution is 5.92. The van der Waals surface area contributed by atoms with Gasteiger partial charge in [-0.05, 0) is 31.6 Å². The van der Waals surface area contributed by atoms with E-state index in [1.807, 2.05) is 41.3 Å². The molecule has 5 heteroatoms. The molecule has 0 atom stereocenters. The summed E-state index contributed by atoms with van der Waals surface area (Å²) in [6, 6.07) is 20.4. The summed E-state index contributed by atoms with van der Waals surface area (Å²) in [5, 5.41) is 9.50. The third-order valence-electron chi connectivity index (χ3n) is 5.42. The summed E-state index contributed by atoms with van der Waals surface area (Å²) in [5.41, 5.74) is 4.31. The van der Waals surface area contributed by atoms with E-state index in [1.165, 1.54) is 0 Å². The van der Waals surface area contributed by atoms with Crippen LogP contribution in [0, 0.1) is 0 Å². The fourth-order valence-corrected chi connectivity index (χ4v) is 3.98. The van der Waals surface area contributed by atoms with Gasteiger partial charge in [-0.25, -0.2) is 0 Å². The molecule has 3 rings (SSSR count). The first kappa shape index (κ1) is 20.9. The lowest BCUT2D eigenvalue weighted by Crippen LogP contribution is -2.33. The fraction of sp³-hybridized carbons (Fsp3) is 0.375. The third kappa shape index (κ3) is 5.18. The number of carbonyl (C=O) groups is 1. The Hall–Kier alpha value is -2.79. The van der Waals surface area contributed by atoms with Crippen LogP contribution in [0.4, 0.5) is 0 Å². The Bertz CT molecular complexity index is 817. The second-order valence-corrected chi connectivity index (χ2v) is 7.31. The van der Waals surface area contributed by atoms with Crippen molar-refractivity contribution in [2.24, 2.45) is 0 Å². The molecule has 0 aliphatic carbocycles. The SMILES string of the molecule is CCN(CC)CCCN1CN(CC(=O)O)C(c2ccccc2)=C1c1ccccc1. The standard InChI is InChI=1S/C24H31N3O2/c1-3-25(4-2)16-11-17-26-19-27(18-22(28)29)24(21-14-9-6-10-15-21)23(26)20-12-7-5-8-13-20/h5-10,12-15H,3-4,11,16-19H2,1-2H3,(H,28,29). The largest absolute Gasteiger partial charge is 0.480 e. The minimum atomic E-state index is -0.809. The number of hydrogen-bond donors (Lipinski definition) is 1. The zero-order valence-corrected chi connectivity index (χ0v) is 17.4. The second kappa shape index (κ2) is 10.1. The average Bonchev–Trinajstić information content (AvgIpc) is 3.09. The van der Waals surface area contributed by atoms with Crippen LogP contribution in [0.25, 0.3) is 11.4 Å². The molecule has 29 heavy (non-hydrogen) atoms. The van der Waals surface area contributed by atoms with Crippen LogP contribution < -0.4 is 0 Å². The van der Waals surface area contributed by atoms with Crippen molar-refractivity contribution >= 4 is 17.4 Å². The molecule has 0 aromatic heterocycles. The van der Waals surface area contributed by atoms with E-state index in [2.05, 4.69) is 47.9 Å². The van der Waals surface area contributed by atoms with Gasteiger partial charge in [0.15, 0.2) is 0 Å². The number of benzene rings is 2. The number of carboxylic acid groups (broad SMARTS) is 1. The van der Waals surface area contributed by atoms with Gasteiger partial charge in [-0.2, -0.15) is 0 Å². The molecule has 0 fully saturated rings. The molecule has 0 bridgehead atoms. The lowest BCUT2D eigenvalue weighted by Gasteiger charge is -2.25. The molecule has 2 aromatic carbocycles. The van der Waals surface area contributed by atoms with Crippen LogP contribution in [0.15, 0.2) is 60.7 Å². The first-order chi connectivity index (χ1) is 14.1. The van der Waals surface area contributed by atoms with E-state index in [1.54, 1.807) is 0 Å². The number of nitrogens with zero attached hydrogens (tertiary/aromatic N) is 3. The Balaban J connectivity index is 1.97. The molecule has 5 nitrogen and oxygen atoms in total. The Morgan fingerprint density at radius 3 is 1.90 bits per heavy atom. The zero-order valence-electron chi connectivity index (χ0n) is 17.4. The molecular weight excluding hydrogens is 362 g/mol. The highest BCUT2D eigenvalue weighted by Crippen LogP contribution is 2.37. The molecule has 0 spiro atoms. The minimum absolute atomic E-state index is 0.00684. The van der Waals surface area contributed by atoms with Crippen LogP contribution in [-0.2, 0) is 4.79 Å². The fourth-order valence-electron chi connectivity index (χ4n) is 3.98. The number of carboxylic acids is 1. The van der Waals surface area contributed by atoms with Crippen molar-refractivity contribution in [1.29, 1.82) is 0 Å². The van der Waals surface area contributed by atoms with Crippen molar-refractivity contribution in [2.45, 2.75) is 20.3 Å². The van der Waals surface area contributed by atoms with Crippen LogP contribution >= 0.6 is 0 Å². The first-order valence-electron chi connectivity index (χ1n) is 10.4. The van der Waals surface area contributed by atoms with Gasteiger partial charge in [0, 0.05) is 12.1 Å². The smallest absolute Gasteiger partial charge is 0.323 e. The molecule has 2 aromatic rings. The summed E-state index contributed by atoms with van der Waals surface area (Å²) in [6.07, 6.45) is 1.04. The van der Waals surface area contributed by atoms with Gasteiger partial charge in [-0.15, -0.1) is 0 Å².